The predicted molar refractivity (Wildman–Crippen MR) is 64.8 cm³/mol. The Hall–Kier alpha value is -1.08. The second-order valence-electron chi connectivity index (χ2n) is 3.34. The highest BCUT2D eigenvalue weighted by Gasteiger charge is 2.13. The van der Waals surface area contributed by atoms with Crippen LogP contribution in [0, 0.1) is 0 Å². The molecule has 1 unspecified atom stereocenters. The maximum atomic E-state index is 9.54. The Morgan fingerprint density at radius 2 is 2.31 bits per heavy atom. The van der Waals surface area contributed by atoms with E-state index < -0.39 is 6.23 Å². The van der Waals surface area contributed by atoms with Crippen molar-refractivity contribution in [3.05, 3.63) is 28.4 Å². The quantitative estimate of drug-likeness (QED) is 0.390. The van der Waals surface area contributed by atoms with Crippen molar-refractivity contribution in [3.8, 4) is 5.75 Å². The lowest BCUT2D eigenvalue weighted by molar-refractivity contribution is 0.136. The zero-order valence-electron chi connectivity index (χ0n) is 8.62. The molecule has 1 aromatic carbocycles. The molecule has 0 saturated carbocycles. The largest absolute Gasteiger partial charge is 0.495 e. The molecule has 0 aliphatic heterocycles. The Morgan fingerprint density at radius 1 is 1.56 bits per heavy atom. The van der Waals surface area contributed by atoms with Crippen LogP contribution in [0.2, 0.25) is 0 Å². The lowest BCUT2D eigenvalue weighted by Gasteiger charge is -2.04. The van der Waals surface area contributed by atoms with E-state index in [-0.39, 0.29) is 0 Å². The average Bonchev–Trinajstić information content (AvgIpc) is 2.71. The number of aromatic amines is 1. The molecule has 1 atom stereocenters. The van der Waals surface area contributed by atoms with Gasteiger partial charge in [-0.3, -0.25) is 5.84 Å². The maximum absolute atomic E-state index is 9.54. The number of ether oxygens (including phenoxy) is 1. The van der Waals surface area contributed by atoms with Gasteiger partial charge in [0, 0.05) is 10.9 Å². The fourth-order valence-electron chi connectivity index (χ4n) is 1.62. The monoisotopic (exact) mass is 285 g/mol. The number of hydrazine groups is 1. The highest BCUT2D eigenvalue weighted by atomic mass is 79.9. The molecule has 0 radical (unpaired) electrons. The first-order valence-corrected chi connectivity index (χ1v) is 5.46. The number of hydrogen-bond acceptors (Lipinski definition) is 4. The van der Waals surface area contributed by atoms with Gasteiger partial charge in [-0.05, 0) is 34.1 Å². The van der Waals surface area contributed by atoms with E-state index in [4.69, 9.17) is 10.6 Å². The van der Waals surface area contributed by atoms with Crippen molar-refractivity contribution in [1.29, 1.82) is 0 Å². The number of fused-ring (bicyclic) bond motifs is 1. The van der Waals surface area contributed by atoms with Gasteiger partial charge in [0.15, 0.2) is 6.23 Å². The number of nitrogens with two attached hydrogens (primary N) is 1. The molecule has 0 saturated heterocycles. The van der Waals surface area contributed by atoms with Crippen molar-refractivity contribution >= 4 is 26.8 Å². The summed E-state index contributed by atoms with van der Waals surface area (Å²) >= 11 is 3.40. The van der Waals surface area contributed by atoms with E-state index >= 15 is 0 Å². The van der Waals surface area contributed by atoms with E-state index in [1.807, 2.05) is 12.1 Å². The van der Waals surface area contributed by atoms with Gasteiger partial charge >= 0.3 is 0 Å². The number of rotatable bonds is 3. The molecule has 2 aromatic rings. The first-order valence-electron chi connectivity index (χ1n) is 4.66. The third-order valence-corrected chi connectivity index (χ3v) is 3.01. The van der Waals surface area contributed by atoms with Crippen LogP contribution in [0.15, 0.2) is 22.7 Å². The Morgan fingerprint density at radius 3 is 2.94 bits per heavy atom. The number of aliphatic hydroxyl groups is 1. The molecule has 0 fully saturated rings. The van der Waals surface area contributed by atoms with Gasteiger partial charge in [-0.15, -0.1) is 0 Å². The lowest BCUT2D eigenvalue weighted by Crippen LogP contribution is -2.27. The molecule has 16 heavy (non-hydrogen) atoms. The topological polar surface area (TPSA) is 83.3 Å². The minimum Gasteiger partial charge on any atom is -0.495 e. The van der Waals surface area contributed by atoms with E-state index in [1.54, 1.807) is 13.2 Å². The van der Waals surface area contributed by atoms with Crippen molar-refractivity contribution in [2.75, 3.05) is 7.11 Å². The summed E-state index contributed by atoms with van der Waals surface area (Å²) in [5.41, 5.74) is 3.74. The molecule has 0 aliphatic carbocycles. The van der Waals surface area contributed by atoms with Crippen LogP contribution >= 0.6 is 15.9 Å². The van der Waals surface area contributed by atoms with Crippen molar-refractivity contribution in [2.45, 2.75) is 6.23 Å². The van der Waals surface area contributed by atoms with Crippen molar-refractivity contribution in [2.24, 2.45) is 5.84 Å². The number of hydrogen-bond donors (Lipinski definition) is 4. The van der Waals surface area contributed by atoms with Crippen LogP contribution in [0.5, 0.6) is 5.75 Å². The molecule has 0 aliphatic rings. The summed E-state index contributed by atoms with van der Waals surface area (Å²) in [7, 11) is 1.60. The lowest BCUT2D eigenvalue weighted by atomic mass is 10.2. The van der Waals surface area contributed by atoms with Gasteiger partial charge in [-0.25, -0.2) is 5.43 Å². The van der Waals surface area contributed by atoms with Crippen LogP contribution in [-0.2, 0) is 0 Å². The summed E-state index contributed by atoms with van der Waals surface area (Å²) in [6.45, 7) is 0. The molecular formula is C10H12BrN3O2. The van der Waals surface area contributed by atoms with E-state index in [0.29, 0.717) is 5.69 Å². The number of H-pyrrole nitrogens is 1. The first-order chi connectivity index (χ1) is 7.67. The maximum Gasteiger partial charge on any atom is 0.158 e. The summed E-state index contributed by atoms with van der Waals surface area (Å²) in [5, 5.41) is 10.4. The highest BCUT2D eigenvalue weighted by molar-refractivity contribution is 9.10. The number of methoxy groups -OCH3 is 1. The van der Waals surface area contributed by atoms with Gasteiger partial charge < -0.3 is 14.8 Å². The van der Waals surface area contributed by atoms with Gasteiger partial charge in [-0.2, -0.15) is 0 Å². The molecule has 1 aromatic heterocycles. The van der Waals surface area contributed by atoms with Crippen LogP contribution < -0.4 is 16.0 Å². The van der Waals surface area contributed by atoms with Gasteiger partial charge in [0.2, 0.25) is 0 Å². The summed E-state index contributed by atoms with van der Waals surface area (Å²) in [6, 6.07) is 5.57. The van der Waals surface area contributed by atoms with Gasteiger partial charge in [0.05, 0.1) is 17.3 Å². The Bertz CT molecular complexity index is 512. The molecule has 0 amide bonds. The fraction of sp³-hybridized carbons (Fsp3) is 0.200. The molecule has 0 bridgehead atoms. The number of halogens is 1. The van der Waals surface area contributed by atoms with Crippen LogP contribution in [-0.4, -0.2) is 17.2 Å². The van der Waals surface area contributed by atoms with E-state index in [2.05, 4.69) is 26.3 Å². The zero-order valence-corrected chi connectivity index (χ0v) is 10.2. The third-order valence-electron chi connectivity index (χ3n) is 2.38. The van der Waals surface area contributed by atoms with E-state index in [0.717, 1.165) is 21.1 Å². The van der Waals surface area contributed by atoms with Crippen LogP contribution in [0.4, 0.5) is 0 Å². The average molecular weight is 286 g/mol. The standard InChI is InChI=1S/C10H12BrN3O2/c1-16-9-5-4-8(10(15)14-12)13-7(5)3-2-6(9)11/h2-4,10,13-15H,12H2,1H3. The van der Waals surface area contributed by atoms with E-state index in [1.165, 1.54) is 0 Å². The first kappa shape index (κ1) is 11.4. The summed E-state index contributed by atoms with van der Waals surface area (Å²) < 4.78 is 6.15. The third kappa shape index (κ3) is 1.80. The number of nitrogens with one attached hydrogen (secondary N) is 2. The second kappa shape index (κ2) is 4.42. The molecule has 0 spiro atoms. The Kier molecular flexibility index (Phi) is 3.15. The Labute approximate surface area is 101 Å². The zero-order chi connectivity index (χ0) is 11.7. The van der Waals surface area contributed by atoms with Crippen molar-refractivity contribution < 1.29 is 9.84 Å². The number of benzene rings is 1. The predicted octanol–water partition coefficient (Wildman–Crippen LogP) is 1.39. The van der Waals surface area contributed by atoms with E-state index in [9.17, 15) is 5.11 Å². The summed E-state index contributed by atoms with van der Waals surface area (Å²) in [5.74, 6) is 5.89. The molecule has 6 heteroatoms. The van der Waals surface area contributed by atoms with Crippen LogP contribution in [0.3, 0.4) is 0 Å². The number of aliphatic hydroxyl groups excluding tert-OH is 1. The van der Waals surface area contributed by atoms with Gasteiger partial charge in [-0.1, -0.05) is 0 Å². The highest BCUT2D eigenvalue weighted by Crippen LogP contribution is 2.34. The van der Waals surface area contributed by atoms with Crippen LogP contribution in [0.1, 0.15) is 11.9 Å². The van der Waals surface area contributed by atoms with Gasteiger partial charge in [0.25, 0.3) is 0 Å². The smallest absolute Gasteiger partial charge is 0.158 e. The molecule has 5 N–H and O–H groups in total. The molecule has 1 heterocycles. The minimum absolute atomic E-state index is 0.592. The Balaban J connectivity index is 2.61. The van der Waals surface area contributed by atoms with Gasteiger partial charge in [0.1, 0.15) is 5.75 Å². The fourth-order valence-corrected chi connectivity index (χ4v) is 2.12. The SMILES string of the molecule is COc1c(Br)ccc2[nH]c(C(O)NN)cc12. The molecule has 5 nitrogen and oxygen atoms in total. The van der Waals surface area contributed by atoms with Crippen molar-refractivity contribution in [3.63, 3.8) is 0 Å². The molecule has 2 rings (SSSR count). The van der Waals surface area contributed by atoms with Crippen molar-refractivity contribution in [1.82, 2.24) is 10.4 Å². The number of aromatic nitrogens is 1. The van der Waals surface area contributed by atoms with Crippen LogP contribution in [0.25, 0.3) is 10.9 Å². The normalized spacial score (nSPS) is 13.0. The minimum atomic E-state index is -0.920. The molecule has 86 valence electrons. The summed E-state index contributed by atoms with van der Waals surface area (Å²) in [4.78, 5) is 3.05. The second-order valence-corrected chi connectivity index (χ2v) is 4.19. The summed E-state index contributed by atoms with van der Waals surface area (Å²) in [6.07, 6.45) is -0.920. The molecular weight excluding hydrogens is 274 g/mol.